The lowest BCUT2D eigenvalue weighted by Gasteiger charge is -2.24. The minimum Gasteiger partial charge on any atom is -0.481 e. The molecule has 0 aliphatic rings. The first kappa shape index (κ1) is 24.5. The number of carbonyl (C=O) groups excluding carboxylic acids is 3. The van der Waals surface area contributed by atoms with E-state index in [0.29, 0.717) is 5.69 Å². The fraction of sp³-hybridized carbons (Fsp3) is 0.500. The molecule has 0 aliphatic carbocycles. The van der Waals surface area contributed by atoms with E-state index in [9.17, 15) is 29.1 Å². The number of carboxylic acids is 2. The molecule has 0 radical (unpaired) electrons. The van der Waals surface area contributed by atoms with E-state index >= 15 is 0 Å². The molecule has 4 unspecified atom stereocenters. The Labute approximate surface area is 170 Å². The summed E-state index contributed by atoms with van der Waals surface area (Å²) in [4.78, 5) is 65.4. The van der Waals surface area contributed by atoms with Crippen molar-refractivity contribution in [3.8, 4) is 0 Å². The van der Waals surface area contributed by atoms with Crippen LogP contribution in [0.3, 0.4) is 0 Å². The third-order valence-electron chi connectivity index (χ3n) is 3.87. The quantitative estimate of drug-likeness (QED) is 0.162. The number of carbonyl (C=O) groups is 5. The summed E-state index contributed by atoms with van der Waals surface area (Å²) in [5, 5.41) is 34.0. The van der Waals surface area contributed by atoms with Crippen LogP contribution in [0.15, 0.2) is 12.5 Å². The molecule has 30 heavy (non-hydrogen) atoms. The van der Waals surface area contributed by atoms with Gasteiger partial charge in [-0.25, -0.2) is 9.78 Å². The molecule has 14 heteroatoms. The fourth-order valence-electron chi connectivity index (χ4n) is 2.38. The third-order valence-corrected chi connectivity index (χ3v) is 3.87. The smallest absolute Gasteiger partial charge is 0.328 e. The van der Waals surface area contributed by atoms with E-state index in [-0.39, 0.29) is 6.42 Å². The second-order valence-electron chi connectivity index (χ2n) is 6.33. The minimum absolute atomic E-state index is 0.0651. The molecule has 166 valence electrons. The van der Waals surface area contributed by atoms with Gasteiger partial charge in [-0.1, -0.05) is 0 Å². The normalized spacial score (nSPS) is 14.6. The zero-order valence-corrected chi connectivity index (χ0v) is 16.0. The van der Waals surface area contributed by atoms with Crippen molar-refractivity contribution < 1.29 is 39.3 Å². The number of amides is 3. The highest BCUT2D eigenvalue weighted by atomic mass is 16.4. The van der Waals surface area contributed by atoms with Gasteiger partial charge >= 0.3 is 11.9 Å². The summed E-state index contributed by atoms with van der Waals surface area (Å²) in [5.74, 6) is -5.71. The summed E-state index contributed by atoms with van der Waals surface area (Å²) >= 11 is 0. The Morgan fingerprint density at radius 2 is 1.73 bits per heavy atom. The molecule has 1 heterocycles. The lowest BCUT2D eigenvalue weighted by molar-refractivity contribution is -0.146. The molecule has 3 amide bonds. The predicted octanol–water partition coefficient (Wildman–Crippen LogP) is -3.69. The first-order valence-electron chi connectivity index (χ1n) is 8.75. The highest BCUT2D eigenvalue weighted by Crippen LogP contribution is 2.03. The van der Waals surface area contributed by atoms with Gasteiger partial charge in [-0.05, 0) is 6.92 Å². The van der Waals surface area contributed by atoms with Gasteiger partial charge in [0.25, 0.3) is 0 Å². The van der Waals surface area contributed by atoms with Crippen LogP contribution in [0.1, 0.15) is 19.0 Å². The number of nitrogens with zero attached hydrogens (tertiary/aromatic N) is 1. The number of aliphatic carboxylic acids is 2. The Kier molecular flexibility index (Phi) is 9.38. The molecule has 0 aromatic carbocycles. The molecule has 14 nitrogen and oxygen atoms in total. The number of nitrogens with two attached hydrogens (primary N) is 1. The fourth-order valence-corrected chi connectivity index (χ4v) is 2.38. The van der Waals surface area contributed by atoms with Crippen LogP contribution in [0.5, 0.6) is 0 Å². The summed E-state index contributed by atoms with van der Waals surface area (Å²) in [6, 6.07) is -4.62. The number of rotatable bonds is 12. The van der Waals surface area contributed by atoms with Crippen molar-refractivity contribution in [3.63, 3.8) is 0 Å². The van der Waals surface area contributed by atoms with E-state index in [1.165, 1.54) is 12.5 Å². The lowest BCUT2D eigenvalue weighted by atomic mass is 10.1. The molecule has 0 saturated carbocycles. The monoisotopic (exact) mass is 428 g/mol. The van der Waals surface area contributed by atoms with Crippen molar-refractivity contribution in [2.24, 2.45) is 5.73 Å². The van der Waals surface area contributed by atoms with Crippen LogP contribution in [0.2, 0.25) is 0 Å². The summed E-state index contributed by atoms with van der Waals surface area (Å²) in [7, 11) is 0. The number of aromatic nitrogens is 2. The number of aromatic amines is 1. The van der Waals surface area contributed by atoms with E-state index in [1.54, 1.807) is 0 Å². The van der Waals surface area contributed by atoms with Crippen molar-refractivity contribution in [1.29, 1.82) is 0 Å². The van der Waals surface area contributed by atoms with Gasteiger partial charge in [0.05, 0.1) is 25.4 Å². The number of hydrogen-bond donors (Lipinski definition) is 8. The van der Waals surface area contributed by atoms with Crippen molar-refractivity contribution in [3.05, 3.63) is 18.2 Å². The van der Waals surface area contributed by atoms with Gasteiger partial charge in [0.15, 0.2) is 6.04 Å². The molecule has 4 atom stereocenters. The number of imidazole rings is 1. The number of H-pyrrole nitrogens is 1. The van der Waals surface area contributed by atoms with Gasteiger partial charge in [-0.15, -0.1) is 0 Å². The van der Waals surface area contributed by atoms with Gasteiger partial charge < -0.3 is 42.0 Å². The van der Waals surface area contributed by atoms with Crippen molar-refractivity contribution in [2.45, 2.75) is 44.0 Å². The summed E-state index contributed by atoms with van der Waals surface area (Å²) in [6.45, 7) is 0.701. The zero-order chi connectivity index (χ0) is 22.8. The molecule has 0 saturated heterocycles. The average Bonchev–Trinajstić information content (AvgIpc) is 3.16. The van der Waals surface area contributed by atoms with Crippen LogP contribution in [-0.4, -0.2) is 85.7 Å². The molecule has 0 aliphatic heterocycles. The molecule has 1 rings (SSSR count). The first-order chi connectivity index (χ1) is 14.0. The number of nitrogens with one attached hydrogen (secondary N) is 4. The highest BCUT2D eigenvalue weighted by Gasteiger charge is 2.32. The maximum Gasteiger partial charge on any atom is 0.328 e. The average molecular weight is 428 g/mol. The van der Waals surface area contributed by atoms with Gasteiger partial charge in [-0.3, -0.25) is 19.2 Å². The van der Waals surface area contributed by atoms with Crippen LogP contribution in [0, 0.1) is 0 Å². The number of aliphatic hydroxyl groups excluding tert-OH is 1. The number of carboxylic acid groups (broad SMARTS) is 2. The second kappa shape index (κ2) is 11.5. The molecule has 1 aromatic heterocycles. The van der Waals surface area contributed by atoms with Gasteiger partial charge in [0, 0.05) is 18.3 Å². The Hall–Kier alpha value is -3.52. The van der Waals surface area contributed by atoms with Crippen LogP contribution in [-0.2, 0) is 30.4 Å². The maximum absolute atomic E-state index is 12.6. The summed E-state index contributed by atoms with van der Waals surface area (Å²) < 4.78 is 0. The number of hydrogen-bond acceptors (Lipinski definition) is 8. The van der Waals surface area contributed by atoms with Crippen molar-refractivity contribution in [2.75, 3.05) is 6.54 Å². The van der Waals surface area contributed by atoms with E-state index in [4.69, 9.17) is 15.9 Å². The van der Waals surface area contributed by atoms with Crippen LogP contribution < -0.4 is 21.7 Å². The number of aliphatic hydroxyl groups is 1. The van der Waals surface area contributed by atoms with E-state index in [0.717, 1.165) is 6.92 Å². The van der Waals surface area contributed by atoms with E-state index in [1.807, 2.05) is 5.32 Å². The lowest BCUT2D eigenvalue weighted by Crippen LogP contribution is -2.58. The van der Waals surface area contributed by atoms with Crippen LogP contribution in [0.25, 0.3) is 0 Å². The molecule has 0 spiro atoms. The Balaban J connectivity index is 2.99. The zero-order valence-electron chi connectivity index (χ0n) is 16.0. The summed E-state index contributed by atoms with van der Waals surface area (Å²) in [5.41, 5.74) is 5.70. The first-order valence-corrected chi connectivity index (χ1v) is 8.75. The van der Waals surface area contributed by atoms with Crippen LogP contribution >= 0.6 is 0 Å². The molecule has 0 bridgehead atoms. The summed E-state index contributed by atoms with van der Waals surface area (Å²) in [6.07, 6.45) is 0.328. The minimum atomic E-state index is -1.72. The molecular weight excluding hydrogens is 404 g/mol. The highest BCUT2D eigenvalue weighted by molar-refractivity contribution is 5.95. The predicted molar refractivity (Wildman–Crippen MR) is 98.7 cm³/mol. The van der Waals surface area contributed by atoms with Crippen LogP contribution in [0.4, 0.5) is 0 Å². The second-order valence-corrected chi connectivity index (χ2v) is 6.33. The largest absolute Gasteiger partial charge is 0.481 e. The van der Waals surface area contributed by atoms with E-state index < -0.39 is 66.9 Å². The third kappa shape index (κ3) is 7.84. The SMILES string of the molecule is CC(O)C(NC(=O)C(CC(=O)O)NC(=O)C(Cc1cnc[nH]1)NC(=O)CN)C(=O)O. The Morgan fingerprint density at radius 1 is 1.10 bits per heavy atom. The Morgan fingerprint density at radius 3 is 2.20 bits per heavy atom. The van der Waals surface area contributed by atoms with Gasteiger partial charge in [-0.2, -0.15) is 0 Å². The van der Waals surface area contributed by atoms with E-state index in [2.05, 4.69) is 20.6 Å². The Bertz CT molecular complexity index is 766. The van der Waals surface area contributed by atoms with Crippen molar-refractivity contribution >= 4 is 29.7 Å². The maximum atomic E-state index is 12.6. The van der Waals surface area contributed by atoms with Crippen molar-refractivity contribution in [1.82, 2.24) is 25.9 Å². The van der Waals surface area contributed by atoms with Gasteiger partial charge in [0.1, 0.15) is 12.1 Å². The molecule has 9 N–H and O–H groups in total. The molecular formula is C16H24N6O8. The molecule has 0 fully saturated rings. The molecule has 1 aromatic rings. The topological polar surface area (TPSA) is 237 Å². The standard InChI is InChI=1S/C16H24N6O8/c1-7(23)13(16(29)30)22-15(28)10(3-12(25)26)21-14(27)9(20-11(24)4-17)2-8-5-18-6-19-8/h5-7,9-10,13,23H,2-4,17H2,1H3,(H,18,19)(H,20,24)(H,21,27)(H,22,28)(H,25,26)(H,29,30). The van der Waals surface area contributed by atoms with Gasteiger partial charge in [0.2, 0.25) is 17.7 Å².